The first kappa shape index (κ1) is 22.5. The van der Waals surface area contributed by atoms with Gasteiger partial charge in [-0.3, -0.25) is 4.79 Å². The van der Waals surface area contributed by atoms with Crippen molar-refractivity contribution in [2.75, 3.05) is 6.54 Å². The van der Waals surface area contributed by atoms with Gasteiger partial charge in [0.1, 0.15) is 0 Å². The van der Waals surface area contributed by atoms with Gasteiger partial charge in [-0.15, -0.1) is 0 Å². The average Bonchev–Trinajstić information content (AvgIpc) is 2.50. The van der Waals surface area contributed by atoms with Crippen LogP contribution in [0.2, 0.25) is 0 Å². The van der Waals surface area contributed by atoms with Crippen LogP contribution in [0.1, 0.15) is 118 Å². The van der Waals surface area contributed by atoms with Gasteiger partial charge in [-0.25, -0.2) is 0 Å². The molecule has 0 spiro atoms. The predicted octanol–water partition coefficient (Wildman–Crippen LogP) is 6.63. The lowest BCUT2D eigenvalue weighted by Gasteiger charge is -2.17. The van der Waals surface area contributed by atoms with Gasteiger partial charge in [0.05, 0.1) is 0 Å². The van der Waals surface area contributed by atoms with E-state index in [0.29, 0.717) is 0 Å². The molecule has 0 bridgehead atoms. The highest BCUT2D eigenvalue weighted by Gasteiger charge is 2.19. The molecule has 0 fully saturated rings. The van der Waals surface area contributed by atoms with E-state index in [1.54, 1.807) is 0 Å². The van der Waals surface area contributed by atoms with Crippen LogP contribution in [-0.2, 0) is 4.79 Å². The van der Waals surface area contributed by atoms with Crippen LogP contribution in [0, 0.1) is 5.41 Å². The molecule has 0 aliphatic rings. The lowest BCUT2D eigenvalue weighted by molar-refractivity contribution is -0.128. The normalized spacial score (nSPS) is 11.7. The summed E-state index contributed by atoms with van der Waals surface area (Å²) in [5.74, 6) is 0.173. The molecule has 2 nitrogen and oxygen atoms in total. The molecule has 0 aromatic rings. The maximum absolute atomic E-state index is 11.7. The summed E-state index contributed by atoms with van der Waals surface area (Å²) in [6.45, 7) is 9.02. The fourth-order valence-corrected chi connectivity index (χ4v) is 2.79. The summed E-state index contributed by atoms with van der Waals surface area (Å²) in [5.41, 5.74) is -0.254. The fraction of sp³-hybridized carbons (Fsp3) is 0.952. The van der Waals surface area contributed by atoms with Gasteiger partial charge in [0.15, 0.2) is 0 Å². The number of hydrogen-bond acceptors (Lipinski definition) is 1. The van der Waals surface area contributed by atoms with Crippen molar-refractivity contribution in [3.8, 4) is 0 Å². The third-order valence-corrected chi connectivity index (χ3v) is 4.50. The molecule has 0 aromatic heterocycles. The minimum absolute atomic E-state index is 0.173. The van der Waals surface area contributed by atoms with Crippen LogP contribution in [-0.4, -0.2) is 12.5 Å². The summed E-state index contributed by atoms with van der Waals surface area (Å²) in [4.78, 5) is 11.7. The molecule has 23 heavy (non-hydrogen) atoms. The predicted molar refractivity (Wildman–Crippen MR) is 103 cm³/mol. The zero-order chi connectivity index (χ0) is 17.4. The molecule has 0 aliphatic carbocycles. The zero-order valence-electron chi connectivity index (χ0n) is 16.5. The van der Waals surface area contributed by atoms with E-state index < -0.39 is 0 Å². The molecule has 0 aromatic carbocycles. The number of hydrogen-bond donors (Lipinski definition) is 1. The van der Waals surface area contributed by atoms with Crippen LogP contribution in [0.25, 0.3) is 0 Å². The molecule has 0 aliphatic heterocycles. The van der Waals surface area contributed by atoms with E-state index in [4.69, 9.17) is 0 Å². The van der Waals surface area contributed by atoms with Gasteiger partial charge in [0, 0.05) is 12.0 Å². The first-order valence-electron chi connectivity index (χ1n) is 10.3. The second-order valence-electron chi connectivity index (χ2n) is 8.10. The molecular formula is C21H43NO. The van der Waals surface area contributed by atoms with Gasteiger partial charge < -0.3 is 5.32 Å². The zero-order valence-corrected chi connectivity index (χ0v) is 16.5. The second kappa shape index (κ2) is 15.0. The van der Waals surface area contributed by atoms with Crippen LogP contribution in [0.4, 0.5) is 0 Å². The van der Waals surface area contributed by atoms with Crippen molar-refractivity contribution < 1.29 is 4.79 Å². The number of unbranched alkanes of at least 4 members (excludes halogenated alkanes) is 13. The topological polar surface area (TPSA) is 29.1 Å². The Kier molecular flexibility index (Phi) is 14.7. The highest BCUT2D eigenvalue weighted by atomic mass is 16.2. The number of carbonyl (C=O) groups is 1. The first-order valence-corrected chi connectivity index (χ1v) is 10.3. The Morgan fingerprint density at radius 2 is 1.00 bits per heavy atom. The quantitative estimate of drug-likeness (QED) is 0.336. The third-order valence-electron chi connectivity index (χ3n) is 4.50. The summed E-state index contributed by atoms with van der Waals surface area (Å²) in [5, 5.41) is 3.03. The van der Waals surface area contributed by atoms with Gasteiger partial charge >= 0.3 is 0 Å². The van der Waals surface area contributed by atoms with Crippen LogP contribution in [0.5, 0.6) is 0 Å². The molecule has 0 saturated carbocycles. The minimum atomic E-state index is -0.254. The maximum Gasteiger partial charge on any atom is 0.225 e. The van der Waals surface area contributed by atoms with Gasteiger partial charge in [-0.1, -0.05) is 111 Å². The Hall–Kier alpha value is -0.530. The Balaban J connectivity index is 3.12. The van der Waals surface area contributed by atoms with E-state index in [-0.39, 0.29) is 11.3 Å². The molecule has 0 saturated heterocycles. The highest BCUT2D eigenvalue weighted by molar-refractivity contribution is 5.81. The van der Waals surface area contributed by atoms with Gasteiger partial charge in [0.2, 0.25) is 5.91 Å². The van der Waals surface area contributed by atoms with Crippen LogP contribution < -0.4 is 5.32 Å². The molecule has 0 radical (unpaired) electrons. The van der Waals surface area contributed by atoms with Crippen molar-refractivity contribution in [1.82, 2.24) is 5.32 Å². The van der Waals surface area contributed by atoms with E-state index in [1.807, 2.05) is 20.8 Å². The largest absolute Gasteiger partial charge is 0.356 e. The average molecular weight is 326 g/mol. The Labute approximate surface area is 146 Å². The molecule has 2 heteroatoms. The van der Waals surface area contributed by atoms with Crippen LogP contribution in [0.3, 0.4) is 0 Å². The molecule has 0 rings (SSSR count). The molecule has 138 valence electrons. The summed E-state index contributed by atoms with van der Waals surface area (Å²) < 4.78 is 0. The molecule has 0 heterocycles. The number of amides is 1. The van der Waals surface area contributed by atoms with Crippen molar-refractivity contribution >= 4 is 5.91 Å². The van der Waals surface area contributed by atoms with E-state index in [2.05, 4.69) is 12.2 Å². The Morgan fingerprint density at radius 3 is 1.35 bits per heavy atom. The van der Waals surface area contributed by atoms with Gasteiger partial charge in [0.25, 0.3) is 0 Å². The van der Waals surface area contributed by atoms with Crippen molar-refractivity contribution in [3.05, 3.63) is 0 Å². The lowest BCUT2D eigenvalue weighted by atomic mass is 9.96. The third kappa shape index (κ3) is 16.1. The molecule has 0 unspecified atom stereocenters. The van der Waals surface area contributed by atoms with E-state index in [0.717, 1.165) is 13.0 Å². The van der Waals surface area contributed by atoms with E-state index in [9.17, 15) is 4.79 Å². The van der Waals surface area contributed by atoms with Crippen molar-refractivity contribution in [3.63, 3.8) is 0 Å². The van der Waals surface area contributed by atoms with Crippen LogP contribution in [0.15, 0.2) is 0 Å². The van der Waals surface area contributed by atoms with Crippen molar-refractivity contribution in [1.29, 1.82) is 0 Å². The summed E-state index contributed by atoms with van der Waals surface area (Å²) in [6, 6.07) is 0. The summed E-state index contributed by atoms with van der Waals surface area (Å²) in [7, 11) is 0. The van der Waals surface area contributed by atoms with Crippen molar-refractivity contribution in [2.24, 2.45) is 5.41 Å². The maximum atomic E-state index is 11.7. The van der Waals surface area contributed by atoms with Gasteiger partial charge in [-0.2, -0.15) is 0 Å². The highest BCUT2D eigenvalue weighted by Crippen LogP contribution is 2.14. The smallest absolute Gasteiger partial charge is 0.225 e. The molecular weight excluding hydrogens is 282 g/mol. The van der Waals surface area contributed by atoms with Gasteiger partial charge in [-0.05, 0) is 6.42 Å². The van der Waals surface area contributed by atoms with Crippen molar-refractivity contribution in [2.45, 2.75) is 118 Å². The van der Waals surface area contributed by atoms with E-state index in [1.165, 1.54) is 83.5 Å². The molecule has 0 atom stereocenters. The SMILES string of the molecule is CCCCCCCCCCCCCCCCNC(=O)C(C)(C)C. The summed E-state index contributed by atoms with van der Waals surface area (Å²) >= 11 is 0. The Morgan fingerprint density at radius 1 is 0.652 bits per heavy atom. The minimum Gasteiger partial charge on any atom is -0.356 e. The number of rotatable bonds is 15. The molecule has 1 amide bonds. The van der Waals surface area contributed by atoms with Crippen LogP contribution >= 0.6 is 0 Å². The number of nitrogens with one attached hydrogen (secondary N) is 1. The lowest BCUT2D eigenvalue weighted by Crippen LogP contribution is -2.35. The van der Waals surface area contributed by atoms with E-state index >= 15 is 0 Å². The standard InChI is InChI=1S/C21H43NO/c1-5-6-7-8-9-10-11-12-13-14-15-16-17-18-19-22-20(23)21(2,3)4/h5-19H2,1-4H3,(H,22,23). The Bertz CT molecular complexity index is 268. The first-order chi connectivity index (χ1) is 11.0. The number of carbonyl (C=O) groups excluding carboxylic acids is 1. The fourth-order valence-electron chi connectivity index (χ4n) is 2.79. The molecule has 1 N–H and O–H groups in total. The second-order valence-corrected chi connectivity index (χ2v) is 8.10. The monoisotopic (exact) mass is 325 g/mol. The summed E-state index contributed by atoms with van der Waals surface area (Å²) in [6.07, 6.45) is 19.3.